The molecule has 0 spiro atoms. The predicted molar refractivity (Wildman–Crippen MR) is 69.0 cm³/mol. The number of ketones is 1. The van der Waals surface area contributed by atoms with Gasteiger partial charge in [0, 0.05) is 19.8 Å². The van der Waals surface area contributed by atoms with Crippen LogP contribution in [-0.2, 0) is 19.0 Å². The van der Waals surface area contributed by atoms with E-state index < -0.39 is 11.8 Å². The van der Waals surface area contributed by atoms with Crippen LogP contribution >= 0.6 is 0 Å². The maximum Gasteiger partial charge on any atom is 0.379 e. The summed E-state index contributed by atoms with van der Waals surface area (Å²) in [5.41, 5.74) is 1.18. The molecule has 19 heavy (non-hydrogen) atoms. The first-order chi connectivity index (χ1) is 9.13. The van der Waals surface area contributed by atoms with Gasteiger partial charge in [0.1, 0.15) is 6.10 Å². The van der Waals surface area contributed by atoms with Gasteiger partial charge in [-0.1, -0.05) is 24.3 Å². The monoisotopic (exact) mass is 266 g/mol. The SMILES string of the molecule is CCOC(=O)C(=O)c1ccc(C(COC)OC)cc1. The van der Waals surface area contributed by atoms with E-state index in [1.54, 1.807) is 45.4 Å². The highest BCUT2D eigenvalue weighted by molar-refractivity contribution is 6.40. The van der Waals surface area contributed by atoms with Gasteiger partial charge in [-0.2, -0.15) is 0 Å². The molecule has 1 aromatic rings. The van der Waals surface area contributed by atoms with Gasteiger partial charge >= 0.3 is 5.97 Å². The van der Waals surface area contributed by atoms with Crippen LogP contribution in [0.15, 0.2) is 24.3 Å². The molecule has 0 amide bonds. The van der Waals surface area contributed by atoms with E-state index in [4.69, 9.17) is 9.47 Å². The summed E-state index contributed by atoms with van der Waals surface area (Å²) in [6, 6.07) is 6.63. The summed E-state index contributed by atoms with van der Waals surface area (Å²) in [6.45, 7) is 2.26. The molecule has 0 aliphatic carbocycles. The zero-order chi connectivity index (χ0) is 14.3. The molecule has 0 heterocycles. The molecule has 0 saturated carbocycles. The molecule has 1 atom stereocenters. The standard InChI is InChI=1S/C14H18O5/c1-4-19-14(16)13(15)11-7-5-10(6-8-11)12(18-3)9-17-2/h5-8,12H,4,9H2,1-3H3. The third-order valence-electron chi connectivity index (χ3n) is 2.61. The number of esters is 1. The Kier molecular flexibility index (Phi) is 6.18. The Bertz CT molecular complexity index is 424. The van der Waals surface area contributed by atoms with E-state index in [0.29, 0.717) is 12.2 Å². The molecular weight excluding hydrogens is 248 g/mol. The maximum atomic E-state index is 11.7. The van der Waals surface area contributed by atoms with E-state index in [1.807, 2.05) is 0 Å². The average Bonchev–Trinajstić information content (AvgIpc) is 2.44. The number of benzene rings is 1. The summed E-state index contributed by atoms with van der Waals surface area (Å²) in [4.78, 5) is 23.0. The molecule has 0 aliphatic rings. The van der Waals surface area contributed by atoms with Crippen LogP contribution in [0.25, 0.3) is 0 Å². The molecule has 0 aliphatic heterocycles. The first-order valence-electron chi connectivity index (χ1n) is 5.97. The van der Waals surface area contributed by atoms with Gasteiger partial charge in [0.25, 0.3) is 5.78 Å². The summed E-state index contributed by atoms with van der Waals surface area (Å²) >= 11 is 0. The fraction of sp³-hybridized carbons (Fsp3) is 0.429. The first kappa shape index (κ1) is 15.3. The Balaban J connectivity index is 2.81. The van der Waals surface area contributed by atoms with Crippen LogP contribution in [-0.4, -0.2) is 39.2 Å². The van der Waals surface area contributed by atoms with E-state index in [9.17, 15) is 9.59 Å². The molecule has 104 valence electrons. The maximum absolute atomic E-state index is 11.7. The van der Waals surface area contributed by atoms with Crippen molar-refractivity contribution in [3.8, 4) is 0 Å². The molecule has 0 fully saturated rings. The second kappa shape index (κ2) is 7.66. The molecule has 0 saturated heterocycles. The Morgan fingerprint density at radius 3 is 2.26 bits per heavy atom. The minimum Gasteiger partial charge on any atom is -0.460 e. The van der Waals surface area contributed by atoms with Crippen LogP contribution in [0.4, 0.5) is 0 Å². The van der Waals surface area contributed by atoms with Crippen LogP contribution in [0, 0.1) is 0 Å². The molecule has 5 nitrogen and oxygen atoms in total. The van der Waals surface area contributed by atoms with Crippen molar-refractivity contribution in [2.24, 2.45) is 0 Å². The van der Waals surface area contributed by atoms with Crippen LogP contribution in [0.3, 0.4) is 0 Å². The van der Waals surface area contributed by atoms with Crippen LogP contribution in [0.5, 0.6) is 0 Å². The van der Waals surface area contributed by atoms with Crippen molar-refractivity contribution in [3.63, 3.8) is 0 Å². The van der Waals surface area contributed by atoms with E-state index in [1.165, 1.54) is 0 Å². The van der Waals surface area contributed by atoms with E-state index in [-0.39, 0.29) is 12.7 Å². The third-order valence-corrected chi connectivity index (χ3v) is 2.61. The van der Waals surface area contributed by atoms with Gasteiger partial charge in [0.05, 0.1) is 13.2 Å². The largest absolute Gasteiger partial charge is 0.460 e. The first-order valence-corrected chi connectivity index (χ1v) is 5.97. The molecule has 0 bridgehead atoms. The topological polar surface area (TPSA) is 61.8 Å². The number of Topliss-reactive ketones (excluding diaryl/α,β-unsaturated/α-hetero) is 1. The lowest BCUT2D eigenvalue weighted by atomic mass is 10.0. The zero-order valence-electron chi connectivity index (χ0n) is 11.3. The zero-order valence-corrected chi connectivity index (χ0v) is 11.3. The van der Waals surface area contributed by atoms with Crippen LogP contribution in [0.2, 0.25) is 0 Å². The second-order valence-corrected chi connectivity index (χ2v) is 3.85. The lowest BCUT2D eigenvalue weighted by Gasteiger charge is -2.14. The number of hydrogen-bond donors (Lipinski definition) is 0. The van der Waals surface area contributed by atoms with Crippen molar-refractivity contribution < 1.29 is 23.8 Å². The van der Waals surface area contributed by atoms with Gasteiger partial charge in [-0.15, -0.1) is 0 Å². The number of carbonyl (C=O) groups is 2. The van der Waals surface area contributed by atoms with E-state index >= 15 is 0 Å². The highest BCUT2D eigenvalue weighted by Crippen LogP contribution is 2.17. The highest BCUT2D eigenvalue weighted by Gasteiger charge is 2.18. The summed E-state index contributed by atoms with van der Waals surface area (Å²) in [7, 11) is 3.17. The summed E-state index contributed by atoms with van der Waals surface area (Å²) < 4.78 is 15.0. The van der Waals surface area contributed by atoms with Crippen molar-refractivity contribution in [3.05, 3.63) is 35.4 Å². The predicted octanol–water partition coefficient (Wildman–Crippen LogP) is 1.77. The third kappa shape index (κ3) is 4.15. The number of ether oxygens (including phenoxy) is 3. The molecule has 0 N–H and O–H groups in total. The van der Waals surface area contributed by atoms with E-state index in [0.717, 1.165) is 5.56 Å². The fourth-order valence-electron chi connectivity index (χ4n) is 1.62. The van der Waals surface area contributed by atoms with Crippen molar-refractivity contribution in [2.75, 3.05) is 27.4 Å². The quantitative estimate of drug-likeness (QED) is 0.427. The van der Waals surface area contributed by atoms with Gasteiger partial charge in [-0.25, -0.2) is 4.79 Å². The van der Waals surface area contributed by atoms with Crippen molar-refractivity contribution in [1.82, 2.24) is 0 Å². The molecule has 5 heteroatoms. The second-order valence-electron chi connectivity index (χ2n) is 3.85. The molecule has 0 aromatic heterocycles. The molecular formula is C14H18O5. The highest BCUT2D eigenvalue weighted by atomic mass is 16.5. The van der Waals surface area contributed by atoms with Crippen LogP contribution in [0.1, 0.15) is 28.9 Å². The number of hydrogen-bond acceptors (Lipinski definition) is 5. The molecule has 0 radical (unpaired) electrons. The minimum atomic E-state index is -0.838. The van der Waals surface area contributed by atoms with E-state index in [2.05, 4.69) is 4.74 Å². The summed E-state index contributed by atoms with van der Waals surface area (Å²) in [5, 5.41) is 0. The summed E-state index contributed by atoms with van der Waals surface area (Å²) in [6.07, 6.45) is -0.197. The number of carbonyl (C=O) groups excluding carboxylic acids is 2. The Morgan fingerprint density at radius 1 is 1.16 bits per heavy atom. The molecule has 1 unspecified atom stereocenters. The molecule has 1 rings (SSSR count). The lowest BCUT2D eigenvalue weighted by molar-refractivity contribution is -0.137. The van der Waals surface area contributed by atoms with Crippen molar-refractivity contribution in [2.45, 2.75) is 13.0 Å². The van der Waals surface area contributed by atoms with Gasteiger partial charge in [-0.05, 0) is 12.5 Å². The average molecular weight is 266 g/mol. The lowest BCUT2D eigenvalue weighted by Crippen LogP contribution is -2.17. The Morgan fingerprint density at radius 2 is 1.79 bits per heavy atom. The summed E-state index contributed by atoms with van der Waals surface area (Å²) in [5.74, 6) is -1.48. The van der Waals surface area contributed by atoms with Gasteiger partial charge in [-0.3, -0.25) is 4.79 Å². The Labute approximate surface area is 112 Å². The van der Waals surface area contributed by atoms with Crippen molar-refractivity contribution >= 4 is 11.8 Å². The number of rotatable bonds is 7. The van der Waals surface area contributed by atoms with Crippen molar-refractivity contribution in [1.29, 1.82) is 0 Å². The Hall–Kier alpha value is -1.72. The normalized spacial score (nSPS) is 11.9. The van der Waals surface area contributed by atoms with Gasteiger partial charge in [0.2, 0.25) is 0 Å². The van der Waals surface area contributed by atoms with Crippen LogP contribution < -0.4 is 0 Å². The minimum absolute atomic E-state index is 0.183. The number of methoxy groups -OCH3 is 2. The van der Waals surface area contributed by atoms with Gasteiger partial charge in [0.15, 0.2) is 0 Å². The fourth-order valence-corrected chi connectivity index (χ4v) is 1.62. The smallest absolute Gasteiger partial charge is 0.379 e. The van der Waals surface area contributed by atoms with Gasteiger partial charge < -0.3 is 14.2 Å². The molecule has 1 aromatic carbocycles.